The number of rotatable bonds is 6. The van der Waals surface area contributed by atoms with Gasteiger partial charge < -0.3 is 10.2 Å². The van der Waals surface area contributed by atoms with E-state index in [1.54, 1.807) is 0 Å². The first-order valence-corrected chi connectivity index (χ1v) is 7.79. The fraction of sp³-hybridized carbons (Fsp3) is 0.471. The minimum Gasteiger partial charge on any atom is -0.360 e. The second-order valence-corrected chi connectivity index (χ2v) is 5.80. The molecule has 21 heavy (non-hydrogen) atoms. The summed E-state index contributed by atoms with van der Waals surface area (Å²) < 4.78 is 2.07. The summed E-state index contributed by atoms with van der Waals surface area (Å²) in [6.45, 7) is 6.16. The number of aryl methyl sites for hydroxylation is 1. The molecule has 3 rings (SSSR count). The summed E-state index contributed by atoms with van der Waals surface area (Å²) in [6, 6.07) is 11.1. The van der Waals surface area contributed by atoms with Gasteiger partial charge in [-0.05, 0) is 38.8 Å². The fourth-order valence-corrected chi connectivity index (χ4v) is 2.58. The first kappa shape index (κ1) is 14.1. The third kappa shape index (κ3) is 2.95. The van der Waals surface area contributed by atoms with Gasteiger partial charge in [-0.1, -0.05) is 18.2 Å². The van der Waals surface area contributed by atoms with Crippen LogP contribution in [0.4, 0.5) is 5.82 Å². The molecule has 0 spiro atoms. The normalized spacial score (nSPS) is 14.4. The summed E-state index contributed by atoms with van der Waals surface area (Å²) in [7, 11) is 2.14. The third-order valence-electron chi connectivity index (χ3n) is 4.14. The van der Waals surface area contributed by atoms with Crippen LogP contribution >= 0.6 is 0 Å². The summed E-state index contributed by atoms with van der Waals surface area (Å²) in [5.41, 5.74) is 3.55. The molecule has 0 bridgehead atoms. The molecule has 0 unspecified atom stereocenters. The van der Waals surface area contributed by atoms with Crippen molar-refractivity contribution in [1.29, 1.82) is 0 Å². The summed E-state index contributed by atoms with van der Waals surface area (Å²) in [6.07, 6.45) is 2.62. The van der Waals surface area contributed by atoms with Crippen molar-refractivity contribution in [2.75, 3.05) is 18.5 Å². The van der Waals surface area contributed by atoms with Gasteiger partial charge in [-0.3, -0.25) is 0 Å². The van der Waals surface area contributed by atoms with Gasteiger partial charge in [0.25, 0.3) is 0 Å². The van der Waals surface area contributed by atoms with E-state index in [0.717, 1.165) is 24.5 Å². The number of benzene rings is 1. The van der Waals surface area contributed by atoms with Crippen molar-refractivity contribution in [2.45, 2.75) is 39.3 Å². The second kappa shape index (κ2) is 5.90. The topological polar surface area (TPSA) is 33.1 Å². The molecule has 1 fully saturated rings. The van der Waals surface area contributed by atoms with Gasteiger partial charge in [0.1, 0.15) is 5.82 Å². The van der Waals surface area contributed by atoms with Gasteiger partial charge in [0.05, 0.1) is 11.4 Å². The molecule has 4 heteroatoms. The molecule has 1 aromatic heterocycles. The summed E-state index contributed by atoms with van der Waals surface area (Å²) in [4.78, 5) is 2.27. The van der Waals surface area contributed by atoms with E-state index in [9.17, 15) is 0 Å². The lowest BCUT2D eigenvalue weighted by Crippen LogP contribution is -2.23. The van der Waals surface area contributed by atoms with Gasteiger partial charge in [-0.2, -0.15) is 5.10 Å². The Labute approximate surface area is 126 Å². The lowest BCUT2D eigenvalue weighted by molar-refractivity contribution is 0.683. The van der Waals surface area contributed by atoms with Gasteiger partial charge in [-0.15, -0.1) is 0 Å². The van der Waals surface area contributed by atoms with E-state index in [-0.39, 0.29) is 0 Å². The van der Waals surface area contributed by atoms with Crippen LogP contribution in [0, 0.1) is 6.92 Å². The third-order valence-corrected chi connectivity index (χ3v) is 4.14. The zero-order chi connectivity index (χ0) is 14.8. The maximum absolute atomic E-state index is 4.78. The Morgan fingerprint density at radius 3 is 2.62 bits per heavy atom. The quantitative estimate of drug-likeness (QED) is 0.885. The maximum Gasteiger partial charge on any atom is 0.136 e. The van der Waals surface area contributed by atoms with Crippen LogP contribution in [-0.2, 0) is 6.54 Å². The predicted molar refractivity (Wildman–Crippen MR) is 87.1 cm³/mol. The Bertz CT molecular complexity index is 599. The highest BCUT2D eigenvalue weighted by molar-refractivity contribution is 5.54. The maximum atomic E-state index is 4.78. The molecule has 0 amide bonds. The molecule has 0 radical (unpaired) electrons. The van der Waals surface area contributed by atoms with Crippen molar-refractivity contribution in [1.82, 2.24) is 15.1 Å². The van der Waals surface area contributed by atoms with E-state index in [4.69, 9.17) is 5.10 Å². The Balaban J connectivity index is 2.00. The SMILES string of the molecule is CCN(C)c1c(CNC2CC2)c(C)nn1-c1ccccc1. The Morgan fingerprint density at radius 1 is 1.29 bits per heavy atom. The lowest BCUT2D eigenvalue weighted by Gasteiger charge is -2.20. The molecule has 0 aliphatic heterocycles. The van der Waals surface area contributed by atoms with Crippen molar-refractivity contribution in [3.63, 3.8) is 0 Å². The van der Waals surface area contributed by atoms with Crippen molar-refractivity contribution in [2.24, 2.45) is 0 Å². The lowest BCUT2D eigenvalue weighted by atomic mass is 10.2. The predicted octanol–water partition coefficient (Wildman–Crippen LogP) is 2.89. The standard InChI is InChI=1S/C17H24N4/c1-4-20(3)17-16(12-18-14-10-11-14)13(2)19-21(17)15-8-6-5-7-9-15/h5-9,14,18H,4,10-12H2,1-3H3. The van der Waals surface area contributed by atoms with Crippen LogP contribution in [0.3, 0.4) is 0 Å². The molecule has 1 saturated carbocycles. The Morgan fingerprint density at radius 2 is 2.00 bits per heavy atom. The molecule has 1 N–H and O–H groups in total. The molecule has 1 aliphatic rings. The molecule has 0 saturated heterocycles. The van der Waals surface area contributed by atoms with Crippen molar-refractivity contribution in [3.8, 4) is 5.69 Å². The van der Waals surface area contributed by atoms with E-state index in [1.165, 1.54) is 24.2 Å². The Kier molecular flexibility index (Phi) is 3.97. The largest absolute Gasteiger partial charge is 0.360 e. The average molecular weight is 284 g/mol. The van der Waals surface area contributed by atoms with E-state index in [2.05, 4.69) is 60.1 Å². The molecule has 4 nitrogen and oxygen atoms in total. The summed E-state index contributed by atoms with van der Waals surface area (Å²) in [5.74, 6) is 1.20. The first-order chi connectivity index (χ1) is 10.2. The van der Waals surface area contributed by atoms with Gasteiger partial charge >= 0.3 is 0 Å². The van der Waals surface area contributed by atoms with E-state index in [0.29, 0.717) is 6.04 Å². The monoisotopic (exact) mass is 284 g/mol. The molecule has 1 aliphatic carbocycles. The number of nitrogens with zero attached hydrogens (tertiary/aromatic N) is 3. The number of aromatic nitrogens is 2. The zero-order valence-electron chi connectivity index (χ0n) is 13.1. The Hall–Kier alpha value is -1.81. The average Bonchev–Trinajstić information content (AvgIpc) is 3.28. The highest BCUT2D eigenvalue weighted by Crippen LogP contribution is 2.28. The molecule has 1 aromatic carbocycles. The smallest absolute Gasteiger partial charge is 0.136 e. The minimum absolute atomic E-state index is 0.712. The van der Waals surface area contributed by atoms with Crippen molar-refractivity contribution >= 4 is 5.82 Å². The minimum atomic E-state index is 0.712. The molecule has 0 atom stereocenters. The van der Waals surface area contributed by atoms with Gasteiger partial charge in [0.15, 0.2) is 0 Å². The number of hydrogen-bond acceptors (Lipinski definition) is 3. The van der Waals surface area contributed by atoms with Crippen LogP contribution in [0.2, 0.25) is 0 Å². The van der Waals surface area contributed by atoms with E-state index in [1.807, 2.05) is 6.07 Å². The molecule has 1 heterocycles. The van der Waals surface area contributed by atoms with Crippen LogP contribution < -0.4 is 10.2 Å². The number of para-hydroxylation sites is 1. The van der Waals surface area contributed by atoms with Crippen LogP contribution in [0.15, 0.2) is 30.3 Å². The zero-order valence-corrected chi connectivity index (χ0v) is 13.1. The van der Waals surface area contributed by atoms with E-state index >= 15 is 0 Å². The number of anilines is 1. The highest BCUT2D eigenvalue weighted by atomic mass is 15.4. The number of hydrogen-bond donors (Lipinski definition) is 1. The van der Waals surface area contributed by atoms with Crippen molar-refractivity contribution in [3.05, 3.63) is 41.6 Å². The van der Waals surface area contributed by atoms with E-state index < -0.39 is 0 Å². The molecule has 2 aromatic rings. The summed E-state index contributed by atoms with van der Waals surface area (Å²) in [5, 5.41) is 8.40. The van der Waals surface area contributed by atoms with Gasteiger partial charge in [0, 0.05) is 31.7 Å². The van der Waals surface area contributed by atoms with Crippen LogP contribution in [0.1, 0.15) is 31.0 Å². The summed E-state index contributed by atoms with van der Waals surface area (Å²) >= 11 is 0. The molecule has 112 valence electrons. The van der Waals surface area contributed by atoms with Crippen LogP contribution in [-0.4, -0.2) is 29.4 Å². The second-order valence-electron chi connectivity index (χ2n) is 5.80. The first-order valence-electron chi connectivity index (χ1n) is 7.79. The van der Waals surface area contributed by atoms with Crippen LogP contribution in [0.5, 0.6) is 0 Å². The highest BCUT2D eigenvalue weighted by Gasteiger charge is 2.24. The molecular formula is C17H24N4. The van der Waals surface area contributed by atoms with Crippen LogP contribution in [0.25, 0.3) is 5.69 Å². The van der Waals surface area contributed by atoms with Crippen molar-refractivity contribution < 1.29 is 0 Å². The molecular weight excluding hydrogens is 260 g/mol. The number of nitrogens with one attached hydrogen (secondary N) is 1. The van der Waals surface area contributed by atoms with Gasteiger partial charge in [-0.25, -0.2) is 4.68 Å². The van der Waals surface area contributed by atoms with Gasteiger partial charge in [0.2, 0.25) is 0 Å². The fourth-order valence-electron chi connectivity index (χ4n) is 2.58.